The van der Waals surface area contributed by atoms with Gasteiger partial charge in [-0.05, 0) is 17.5 Å². The quantitative estimate of drug-likeness (QED) is 0.805. The van der Waals surface area contributed by atoms with E-state index >= 15 is 0 Å². The third-order valence-electron chi connectivity index (χ3n) is 3.11. The molecule has 1 N–H and O–H groups in total. The van der Waals surface area contributed by atoms with Crippen LogP contribution >= 0.6 is 0 Å². The number of hydrogen-bond acceptors (Lipinski definition) is 2. The molecule has 3 nitrogen and oxygen atoms in total. The van der Waals surface area contributed by atoms with Crippen molar-refractivity contribution < 1.29 is 9.53 Å². The molecule has 1 atom stereocenters. The first-order valence-corrected chi connectivity index (χ1v) is 6.92. The molecular formula is C18H19NO2. The van der Waals surface area contributed by atoms with Gasteiger partial charge in [0.1, 0.15) is 6.61 Å². The van der Waals surface area contributed by atoms with Crippen molar-refractivity contribution in [3.05, 3.63) is 84.4 Å². The van der Waals surface area contributed by atoms with E-state index < -0.39 is 6.09 Å². The second kappa shape index (κ2) is 7.90. The van der Waals surface area contributed by atoms with Crippen LogP contribution in [0.15, 0.2) is 73.3 Å². The lowest BCUT2D eigenvalue weighted by atomic mass is 10.0. The van der Waals surface area contributed by atoms with E-state index in [0.717, 1.165) is 11.1 Å². The van der Waals surface area contributed by atoms with Crippen molar-refractivity contribution in [2.45, 2.75) is 19.1 Å². The van der Waals surface area contributed by atoms with Crippen molar-refractivity contribution in [2.24, 2.45) is 0 Å². The number of nitrogens with one attached hydrogen (secondary N) is 1. The summed E-state index contributed by atoms with van der Waals surface area (Å²) < 4.78 is 5.24. The van der Waals surface area contributed by atoms with Crippen LogP contribution in [0.4, 0.5) is 4.79 Å². The highest BCUT2D eigenvalue weighted by Gasteiger charge is 2.13. The maximum Gasteiger partial charge on any atom is 0.407 e. The Kier molecular flexibility index (Phi) is 5.59. The van der Waals surface area contributed by atoms with Crippen molar-refractivity contribution in [1.29, 1.82) is 0 Å². The molecule has 0 aliphatic carbocycles. The van der Waals surface area contributed by atoms with Gasteiger partial charge in [-0.3, -0.25) is 0 Å². The van der Waals surface area contributed by atoms with Crippen molar-refractivity contribution in [2.75, 3.05) is 0 Å². The molecule has 0 aliphatic rings. The van der Waals surface area contributed by atoms with Gasteiger partial charge in [-0.1, -0.05) is 66.7 Å². The van der Waals surface area contributed by atoms with Crippen molar-refractivity contribution in [3.63, 3.8) is 0 Å². The van der Waals surface area contributed by atoms with E-state index in [-0.39, 0.29) is 12.6 Å². The second-order valence-corrected chi connectivity index (χ2v) is 4.69. The van der Waals surface area contributed by atoms with Crippen LogP contribution in [0.3, 0.4) is 0 Å². The molecule has 1 unspecified atom stereocenters. The fraction of sp³-hybridized carbons (Fsp3) is 0.167. The van der Waals surface area contributed by atoms with Gasteiger partial charge in [-0.15, -0.1) is 6.58 Å². The summed E-state index contributed by atoms with van der Waals surface area (Å²) >= 11 is 0. The molecule has 2 aromatic rings. The maximum absolute atomic E-state index is 11.9. The maximum atomic E-state index is 11.9. The first kappa shape index (κ1) is 14.9. The molecule has 0 heterocycles. The lowest BCUT2D eigenvalue weighted by Gasteiger charge is -2.17. The predicted octanol–water partition coefficient (Wildman–Crippen LogP) is 4.23. The minimum Gasteiger partial charge on any atom is -0.445 e. The lowest BCUT2D eigenvalue weighted by Crippen LogP contribution is -2.28. The molecule has 0 aliphatic heterocycles. The second-order valence-electron chi connectivity index (χ2n) is 4.69. The molecule has 1 amide bonds. The topological polar surface area (TPSA) is 38.3 Å². The number of amides is 1. The Morgan fingerprint density at radius 1 is 1.10 bits per heavy atom. The van der Waals surface area contributed by atoms with Crippen LogP contribution in [0.1, 0.15) is 23.6 Å². The minimum atomic E-state index is -0.422. The van der Waals surface area contributed by atoms with Crippen molar-refractivity contribution in [3.8, 4) is 0 Å². The largest absolute Gasteiger partial charge is 0.445 e. The van der Waals surface area contributed by atoms with Crippen LogP contribution in [-0.4, -0.2) is 6.09 Å². The summed E-state index contributed by atoms with van der Waals surface area (Å²) in [7, 11) is 0. The van der Waals surface area contributed by atoms with Crippen LogP contribution in [0, 0.1) is 0 Å². The Balaban J connectivity index is 1.91. The molecule has 3 heteroatoms. The Morgan fingerprint density at radius 2 is 1.71 bits per heavy atom. The number of hydrogen-bond donors (Lipinski definition) is 1. The van der Waals surface area contributed by atoms with Gasteiger partial charge < -0.3 is 10.1 Å². The van der Waals surface area contributed by atoms with Gasteiger partial charge in [-0.25, -0.2) is 4.79 Å². The standard InChI is InChI=1S/C18H19NO2/c1-2-9-17(16-12-7-4-8-13-16)19-18(20)21-14-15-10-5-3-6-11-15/h2-8,10-13,17H,1,9,14H2,(H,19,20). The summed E-state index contributed by atoms with van der Waals surface area (Å²) in [5.74, 6) is 0. The van der Waals surface area contributed by atoms with Gasteiger partial charge in [-0.2, -0.15) is 0 Å². The number of carbonyl (C=O) groups is 1. The van der Waals surface area contributed by atoms with E-state index in [1.807, 2.05) is 60.7 Å². The fourth-order valence-corrected chi connectivity index (χ4v) is 2.04. The van der Waals surface area contributed by atoms with E-state index in [1.165, 1.54) is 0 Å². The highest BCUT2D eigenvalue weighted by molar-refractivity contribution is 5.68. The summed E-state index contributed by atoms with van der Waals surface area (Å²) in [5, 5.41) is 2.87. The monoisotopic (exact) mass is 281 g/mol. The molecular weight excluding hydrogens is 262 g/mol. The zero-order valence-corrected chi connectivity index (χ0v) is 11.9. The molecule has 2 aromatic carbocycles. The molecule has 21 heavy (non-hydrogen) atoms. The highest BCUT2D eigenvalue weighted by Crippen LogP contribution is 2.17. The first-order valence-electron chi connectivity index (χ1n) is 6.92. The Bertz CT molecular complexity index is 566. The number of carbonyl (C=O) groups excluding carboxylic acids is 1. The van der Waals surface area contributed by atoms with Gasteiger partial charge in [0.05, 0.1) is 6.04 Å². The van der Waals surface area contributed by atoms with Gasteiger partial charge in [0, 0.05) is 0 Å². The van der Waals surface area contributed by atoms with E-state index in [2.05, 4.69) is 11.9 Å². The Labute approximate surface area is 125 Å². The zero-order chi connectivity index (χ0) is 14.9. The smallest absolute Gasteiger partial charge is 0.407 e. The Morgan fingerprint density at radius 3 is 2.33 bits per heavy atom. The molecule has 0 bridgehead atoms. The van der Waals surface area contributed by atoms with Crippen molar-refractivity contribution in [1.82, 2.24) is 5.32 Å². The first-order chi connectivity index (χ1) is 10.3. The van der Waals surface area contributed by atoms with Crippen LogP contribution in [0.2, 0.25) is 0 Å². The Hall–Kier alpha value is -2.55. The van der Waals surface area contributed by atoms with E-state index in [4.69, 9.17) is 4.74 Å². The average Bonchev–Trinajstić information content (AvgIpc) is 2.54. The third kappa shape index (κ3) is 4.80. The van der Waals surface area contributed by atoms with Crippen LogP contribution in [-0.2, 0) is 11.3 Å². The summed E-state index contributed by atoms with van der Waals surface area (Å²) in [5.41, 5.74) is 2.00. The van der Waals surface area contributed by atoms with Crippen LogP contribution in [0.5, 0.6) is 0 Å². The van der Waals surface area contributed by atoms with E-state index in [9.17, 15) is 4.79 Å². The summed E-state index contributed by atoms with van der Waals surface area (Å²) in [6, 6.07) is 19.3. The molecule has 0 saturated carbocycles. The number of ether oxygens (including phenoxy) is 1. The zero-order valence-electron chi connectivity index (χ0n) is 11.9. The lowest BCUT2D eigenvalue weighted by molar-refractivity contribution is 0.135. The van der Waals surface area contributed by atoms with Gasteiger partial charge >= 0.3 is 6.09 Å². The summed E-state index contributed by atoms with van der Waals surface area (Å²) in [6.07, 6.45) is 2.02. The molecule has 2 rings (SSSR count). The predicted molar refractivity (Wildman–Crippen MR) is 83.8 cm³/mol. The number of benzene rings is 2. The van der Waals surface area contributed by atoms with Crippen LogP contribution in [0.25, 0.3) is 0 Å². The van der Waals surface area contributed by atoms with E-state index in [1.54, 1.807) is 6.08 Å². The van der Waals surface area contributed by atoms with Gasteiger partial charge in [0.2, 0.25) is 0 Å². The van der Waals surface area contributed by atoms with E-state index in [0.29, 0.717) is 6.42 Å². The fourth-order valence-electron chi connectivity index (χ4n) is 2.04. The van der Waals surface area contributed by atoms with Gasteiger partial charge in [0.15, 0.2) is 0 Å². The SMILES string of the molecule is C=CCC(NC(=O)OCc1ccccc1)c1ccccc1. The molecule has 0 fully saturated rings. The normalized spacial score (nSPS) is 11.4. The molecule has 0 radical (unpaired) electrons. The minimum absolute atomic E-state index is 0.119. The number of alkyl carbamates (subject to hydrolysis) is 1. The third-order valence-corrected chi connectivity index (χ3v) is 3.11. The summed E-state index contributed by atoms with van der Waals surface area (Å²) in [4.78, 5) is 11.9. The molecule has 108 valence electrons. The average molecular weight is 281 g/mol. The highest BCUT2D eigenvalue weighted by atomic mass is 16.5. The summed E-state index contributed by atoms with van der Waals surface area (Å²) in [6.45, 7) is 4.00. The van der Waals surface area contributed by atoms with Gasteiger partial charge in [0.25, 0.3) is 0 Å². The van der Waals surface area contributed by atoms with Crippen molar-refractivity contribution >= 4 is 6.09 Å². The molecule has 0 aromatic heterocycles. The van der Waals surface area contributed by atoms with Crippen LogP contribution < -0.4 is 5.32 Å². The molecule has 0 saturated heterocycles. The molecule has 0 spiro atoms. The number of rotatable bonds is 6.